The van der Waals surface area contributed by atoms with E-state index < -0.39 is 11.7 Å². The minimum Gasteiger partial charge on any atom is -0.397 e. The zero-order valence-corrected chi connectivity index (χ0v) is 8.99. The van der Waals surface area contributed by atoms with E-state index in [0.29, 0.717) is 5.82 Å². The highest BCUT2D eigenvalue weighted by Gasteiger charge is 2.34. The van der Waals surface area contributed by atoms with Crippen LogP contribution in [0.1, 0.15) is 11.4 Å². The van der Waals surface area contributed by atoms with Crippen molar-refractivity contribution in [3.63, 3.8) is 0 Å². The minimum absolute atomic E-state index is 0.0703. The van der Waals surface area contributed by atoms with Gasteiger partial charge in [-0.15, -0.1) is 0 Å². The molecule has 3 nitrogen and oxygen atoms in total. The third-order valence-corrected chi connectivity index (χ3v) is 2.44. The lowest BCUT2D eigenvalue weighted by Gasteiger charge is -2.16. The first-order valence-corrected chi connectivity index (χ1v) is 4.87. The molecule has 2 N–H and O–H groups in total. The average Bonchev–Trinajstić information content (AvgIpc) is 2.62. The monoisotopic (exact) mass is 241 g/mol. The van der Waals surface area contributed by atoms with E-state index in [1.165, 1.54) is 29.1 Å². The van der Waals surface area contributed by atoms with Crippen molar-refractivity contribution < 1.29 is 13.2 Å². The summed E-state index contributed by atoms with van der Waals surface area (Å²) < 4.78 is 39.9. The van der Waals surface area contributed by atoms with Crippen molar-refractivity contribution in [2.75, 3.05) is 5.73 Å². The van der Waals surface area contributed by atoms with Crippen LogP contribution in [0.3, 0.4) is 0 Å². The van der Waals surface area contributed by atoms with Crippen molar-refractivity contribution in [2.45, 2.75) is 13.1 Å². The maximum Gasteiger partial charge on any atom is 0.418 e. The summed E-state index contributed by atoms with van der Waals surface area (Å²) in [5, 5.41) is 0. The molecular weight excluding hydrogens is 231 g/mol. The quantitative estimate of drug-likeness (QED) is 0.780. The first-order valence-electron chi connectivity index (χ1n) is 4.87. The molecule has 17 heavy (non-hydrogen) atoms. The molecule has 1 aromatic heterocycles. The van der Waals surface area contributed by atoms with Gasteiger partial charge in [0, 0.05) is 12.4 Å². The van der Waals surface area contributed by atoms with Gasteiger partial charge in [-0.05, 0) is 19.1 Å². The molecule has 0 fully saturated rings. The first-order chi connectivity index (χ1) is 7.91. The Hall–Kier alpha value is -1.98. The minimum atomic E-state index is -4.44. The van der Waals surface area contributed by atoms with E-state index in [0.717, 1.165) is 6.07 Å². The Bertz CT molecular complexity index is 543. The summed E-state index contributed by atoms with van der Waals surface area (Å²) in [6.45, 7) is 1.62. The summed E-state index contributed by atoms with van der Waals surface area (Å²) in [5.41, 5.74) is 4.86. The van der Waals surface area contributed by atoms with Gasteiger partial charge in [0.15, 0.2) is 0 Å². The number of alkyl halides is 3. The third kappa shape index (κ3) is 1.98. The van der Waals surface area contributed by atoms with E-state index in [1.54, 1.807) is 6.92 Å². The Morgan fingerprint density at radius 2 is 2.00 bits per heavy atom. The second-order valence-electron chi connectivity index (χ2n) is 3.59. The summed E-state index contributed by atoms with van der Waals surface area (Å²) in [5.74, 6) is 0.452. The second kappa shape index (κ2) is 3.80. The topological polar surface area (TPSA) is 43.8 Å². The van der Waals surface area contributed by atoms with Crippen LogP contribution < -0.4 is 5.73 Å². The first kappa shape index (κ1) is 11.5. The second-order valence-corrected chi connectivity index (χ2v) is 3.59. The van der Waals surface area contributed by atoms with Crippen molar-refractivity contribution >= 4 is 5.69 Å². The van der Waals surface area contributed by atoms with Gasteiger partial charge in [-0.2, -0.15) is 13.2 Å². The Labute approximate surface area is 95.7 Å². The summed E-state index contributed by atoms with van der Waals surface area (Å²) >= 11 is 0. The summed E-state index contributed by atoms with van der Waals surface area (Å²) in [7, 11) is 0. The summed E-state index contributed by atoms with van der Waals surface area (Å²) in [4.78, 5) is 3.90. The van der Waals surface area contributed by atoms with Crippen LogP contribution in [0.4, 0.5) is 18.9 Å². The maximum absolute atomic E-state index is 12.9. The standard InChI is InChI=1S/C11H10F3N3/c1-7-16-5-6-17(7)10-8(11(12,13)14)3-2-4-9(10)15/h2-6H,15H2,1H3. The van der Waals surface area contributed by atoms with Crippen molar-refractivity contribution in [1.29, 1.82) is 0 Å². The van der Waals surface area contributed by atoms with Gasteiger partial charge in [0.25, 0.3) is 0 Å². The number of rotatable bonds is 1. The maximum atomic E-state index is 12.9. The molecule has 0 aliphatic heterocycles. The highest BCUT2D eigenvalue weighted by molar-refractivity contribution is 5.63. The number of para-hydroxylation sites is 1. The fraction of sp³-hybridized carbons (Fsp3) is 0.182. The van der Waals surface area contributed by atoms with Gasteiger partial charge < -0.3 is 10.3 Å². The van der Waals surface area contributed by atoms with Gasteiger partial charge in [0.05, 0.1) is 16.9 Å². The molecular formula is C11H10F3N3. The van der Waals surface area contributed by atoms with E-state index in [1.807, 2.05) is 0 Å². The molecule has 0 spiro atoms. The Kier molecular flexibility index (Phi) is 2.57. The number of hydrogen-bond acceptors (Lipinski definition) is 2. The van der Waals surface area contributed by atoms with E-state index in [2.05, 4.69) is 4.98 Å². The number of nitrogens with two attached hydrogens (primary N) is 1. The van der Waals surface area contributed by atoms with Crippen molar-refractivity contribution in [3.8, 4) is 5.69 Å². The molecule has 0 radical (unpaired) electrons. The number of anilines is 1. The third-order valence-electron chi connectivity index (χ3n) is 2.44. The largest absolute Gasteiger partial charge is 0.418 e. The molecule has 0 bridgehead atoms. The van der Waals surface area contributed by atoms with Gasteiger partial charge in [-0.1, -0.05) is 6.07 Å². The van der Waals surface area contributed by atoms with E-state index >= 15 is 0 Å². The van der Waals surface area contributed by atoms with Crippen LogP contribution in [0.25, 0.3) is 5.69 Å². The molecule has 2 rings (SSSR count). The Balaban J connectivity index is 2.73. The number of imidazole rings is 1. The zero-order valence-electron chi connectivity index (χ0n) is 8.99. The molecule has 6 heteroatoms. The summed E-state index contributed by atoms with van der Waals surface area (Å²) in [6, 6.07) is 3.73. The van der Waals surface area contributed by atoms with E-state index in [9.17, 15) is 13.2 Å². The molecule has 2 aromatic rings. The predicted molar refractivity (Wildman–Crippen MR) is 57.7 cm³/mol. The van der Waals surface area contributed by atoms with Crippen molar-refractivity contribution in [1.82, 2.24) is 9.55 Å². The van der Waals surface area contributed by atoms with Crippen LogP contribution in [-0.4, -0.2) is 9.55 Å². The highest BCUT2D eigenvalue weighted by atomic mass is 19.4. The molecule has 0 unspecified atom stereocenters. The molecule has 90 valence electrons. The van der Waals surface area contributed by atoms with Gasteiger partial charge in [0.2, 0.25) is 0 Å². The number of aromatic nitrogens is 2. The summed E-state index contributed by atoms with van der Waals surface area (Å²) in [6.07, 6.45) is -1.56. The SMILES string of the molecule is Cc1nccn1-c1c(N)cccc1C(F)(F)F. The van der Waals surface area contributed by atoms with Crippen LogP contribution in [0.15, 0.2) is 30.6 Å². The molecule has 0 atom stereocenters. The number of nitrogen functional groups attached to an aromatic ring is 1. The number of halogens is 3. The molecule has 1 heterocycles. The van der Waals surface area contributed by atoms with Crippen molar-refractivity contribution in [3.05, 3.63) is 42.0 Å². The van der Waals surface area contributed by atoms with Gasteiger partial charge >= 0.3 is 6.18 Å². The molecule has 1 aromatic carbocycles. The lowest BCUT2D eigenvalue weighted by atomic mass is 10.1. The van der Waals surface area contributed by atoms with E-state index in [4.69, 9.17) is 5.73 Å². The van der Waals surface area contributed by atoms with Crippen LogP contribution in [0, 0.1) is 6.92 Å². The van der Waals surface area contributed by atoms with Crippen LogP contribution in [-0.2, 0) is 6.18 Å². The zero-order chi connectivity index (χ0) is 12.6. The Morgan fingerprint density at radius 3 is 2.53 bits per heavy atom. The normalized spacial score (nSPS) is 11.8. The van der Waals surface area contributed by atoms with Gasteiger partial charge in [-0.25, -0.2) is 4.98 Å². The molecule has 0 saturated heterocycles. The Morgan fingerprint density at radius 1 is 1.29 bits per heavy atom. The smallest absolute Gasteiger partial charge is 0.397 e. The van der Waals surface area contributed by atoms with Gasteiger partial charge in [-0.3, -0.25) is 0 Å². The molecule has 0 saturated carbocycles. The number of aryl methyl sites for hydroxylation is 1. The highest BCUT2D eigenvalue weighted by Crippen LogP contribution is 2.36. The lowest BCUT2D eigenvalue weighted by Crippen LogP contribution is -2.13. The molecule has 0 amide bonds. The fourth-order valence-corrected chi connectivity index (χ4v) is 1.67. The van der Waals surface area contributed by atoms with Crippen LogP contribution >= 0.6 is 0 Å². The number of nitrogens with zero attached hydrogens (tertiary/aromatic N) is 2. The van der Waals surface area contributed by atoms with Gasteiger partial charge in [0.1, 0.15) is 5.82 Å². The molecule has 0 aliphatic rings. The average molecular weight is 241 g/mol. The fourth-order valence-electron chi connectivity index (χ4n) is 1.67. The van der Waals surface area contributed by atoms with E-state index in [-0.39, 0.29) is 11.4 Å². The number of hydrogen-bond donors (Lipinski definition) is 1. The van der Waals surface area contributed by atoms with Crippen LogP contribution in [0.2, 0.25) is 0 Å². The van der Waals surface area contributed by atoms with Crippen molar-refractivity contribution in [2.24, 2.45) is 0 Å². The van der Waals surface area contributed by atoms with Crippen LogP contribution in [0.5, 0.6) is 0 Å². The molecule has 0 aliphatic carbocycles. The predicted octanol–water partition coefficient (Wildman–Crippen LogP) is 2.78. The number of benzene rings is 1. The lowest BCUT2D eigenvalue weighted by molar-refractivity contribution is -0.137.